The van der Waals surface area contributed by atoms with Gasteiger partial charge < -0.3 is 14.6 Å². The van der Waals surface area contributed by atoms with Crippen molar-refractivity contribution in [3.8, 4) is 0 Å². The first-order valence-corrected chi connectivity index (χ1v) is 6.21. The zero-order valence-electron chi connectivity index (χ0n) is 11.1. The lowest BCUT2D eigenvalue weighted by atomic mass is 9.78. The second-order valence-corrected chi connectivity index (χ2v) is 5.62. The largest absolute Gasteiger partial charge is 0.390 e. The maximum absolute atomic E-state index is 10.4. The van der Waals surface area contributed by atoms with E-state index in [9.17, 15) is 5.11 Å². The summed E-state index contributed by atoms with van der Waals surface area (Å²) in [5.41, 5.74) is -0.626. The van der Waals surface area contributed by atoms with Gasteiger partial charge in [0.15, 0.2) is 0 Å². The fourth-order valence-corrected chi connectivity index (χ4v) is 2.25. The Morgan fingerprint density at radius 3 is 2.25 bits per heavy atom. The van der Waals surface area contributed by atoms with Crippen LogP contribution in [0.5, 0.6) is 0 Å². The van der Waals surface area contributed by atoms with Gasteiger partial charge in [-0.15, -0.1) is 0 Å². The molecule has 0 unspecified atom stereocenters. The first kappa shape index (κ1) is 13.9. The first-order chi connectivity index (χ1) is 7.41. The Morgan fingerprint density at radius 1 is 1.25 bits per heavy atom. The van der Waals surface area contributed by atoms with Crippen molar-refractivity contribution in [1.29, 1.82) is 0 Å². The van der Waals surface area contributed by atoms with Crippen LogP contribution in [0, 0.1) is 0 Å². The van der Waals surface area contributed by atoms with Crippen molar-refractivity contribution >= 4 is 0 Å². The molecule has 96 valence electrons. The molecule has 1 aliphatic carbocycles. The maximum atomic E-state index is 10.4. The molecule has 0 heterocycles. The zero-order chi connectivity index (χ0) is 12.2. The number of rotatable bonds is 5. The molecule has 0 atom stereocenters. The van der Waals surface area contributed by atoms with E-state index >= 15 is 0 Å². The second kappa shape index (κ2) is 5.48. The van der Waals surface area contributed by atoms with E-state index in [2.05, 4.69) is 13.8 Å². The summed E-state index contributed by atoms with van der Waals surface area (Å²) in [6.07, 6.45) is 5.72. The monoisotopic (exact) mass is 230 g/mol. The number of hydrogen-bond donors (Lipinski definition) is 1. The fourth-order valence-electron chi connectivity index (χ4n) is 2.25. The summed E-state index contributed by atoms with van der Waals surface area (Å²) in [6.45, 7) is 4.13. The minimum atomic E-state index is -0.495. The van der Waals surface area contributed by atoms with Crippen LogP contribution in [0.3, 0.4) is 0 Å². The molecule has 1 N–H and O–H groups in total. The van der Waals surface area contributed by atoms with E-state index in [0.29, 0.717) is 6.10 Å². The van der Waals surface area contributed by atoms with E-state index in [1.54, 1.807) is 14.2 Å². The standard InChI is InChI=1S/C13H26O3/c1-12(2,16-4)9-10-13(14)7-5-11(15-3)6-8-13/h11,14H,5-10H2,1-4H3. The van der Waals surface area contributed by atoms with Gasteiger partial charge in [0.25, 0.3) is 0 Å². The minimum Gasteiger partial charge on any atom is -0.390 e. The lowest BCUT2D eigenvalue weighted by molar-refractivity contribution is -0.0672. The molecule has 3 heteroatoms. The fraction of sp³-hybridized carbons (Fsp3) is 1.00. The van der Waals surface area contributed by atoms with Crippen molar-refractivity contribution in [2.24, 2.45) is 0 Å². The molecular weight excluding hydrogens is 204 g/mol. The summed E-state index contributed by atoms with van der Waals surface area (Å²) in [6, 6.07) is 0. The van der Waals surface area contributed by atoms with E-state index in [0.717, 1.165) is 38.5 Å². The van der Waals surface area contributed by atoms with Gasteiger partial charge in [-0.05, 0) is 52.4 Å². The highest BCUT2D eigenvalue weighted by atomic mass is 16.5. The van der Waals surface area contributed by atoms with E-state index in [-0.39, 0.29) is 5.60 Å². The second-order valence-electron chi connectivity index (χ2n) is 5.62. The molecule has 0 bridgehead atoms. The molecule has 16 heavy (non-hydrogen) atoms. The van der Waals surface area contributed by atoms with Gasteiger partial charge in [0.2, 0.25) is 0 Å². The number of hydrogen-bond acceptors (Lipinski definition) is 3. The predicted molar refractivity (Wildman–Crippen MR) is 64.5 cm³/mol. The average Bonchev–Trinajstić information content (AvgIpc) is 2.28. The summed E-state index contributed by atoms with van der Waals surface area (Å²) in [5.74, 6) is 0. The van der Waals surface area contributed by atoms with Crippen molar-refractivity contribution < 1.29 is 14.6 Å². The molecule has 0 aromatic rings. The summed E-state index contributed by atoms with van der Waals surface area (Å²) in [7, 11) is 3.48. The number of methoxy groups -OCH3 is 2. The molecule has 1 rings (SSSR count). The van der Waals surface area contributed by atoms with E-state index < -0.39 is 5.60 Å². The van der Waals surface area contributed by atoms with Gasteiger partial charge in [0, 0.05) is 14.2 Å². The smallest absolute Gasteiger partial charge is 0.0650 e. The summed E-state index contributed by atoms with van der Waals surface area (Å²) < 4.78 is 10.7. The van der Waals surface area contributed by atoms with Crippen LogP contribution in [-0.2, 0) is 9.47 Å². The average molecular weight is 230 g/mol. The minimum absolute atomic E-state index is 0.131. The molecule has 1 fully saturated rings. The van der Waals surface area contributed by atoms with Crippen LogP contribution in [0.15, 0.2) is 0 Å². The molecule has 0 aromatic carbocycles. The summed E-state index contributed by atoms with van der Waals surface area (Å²) in [4.78, 5) is 0. The first-order valence-electron chi connectivity index (χ1n) is 6.21. The number of aliphatic hydroxyl groups is 1. The highest BCUT2D eigenvalue weighted by molar-refractivity contribution is 4.87. The molecule has 3 nitrogen and oxygen atoms in total. The highest BCUT2D eigenvalue weighted by Crippen LogP contribution is 2.35. The molecule has 1 aliphatic rings. The van der Waals surface area contributed by atoms with Crippen molar-refractivity contribution in [1.82, 2.24) is 0 Å². The van der Waals surface area contributed by atoms with Gasteiger partial charge in [-0.25, -0.2) is 0 Å². The normalized spacial score (nSPS) is 31.7. The molecule has 0 spiro atoms. The highest BCUT2D eigenvalue weighted by Gasteiger charge is 2.34. The summed E-state index contributed by atoms with van der Waals surface area (Å²) >= 11 is 0. The van der Waals surface area contributed by atoms with Crippen molar-refractivity contribution in [2.75, 3.05) is 14.2 Å². The van der Waals surface area contributed by atoms with Gasteiger partial charge in [-0.3, -0.25) is 0 Å². The Balaban J connectivity index is 2.37. The van der Waals surface area contributed by atoms with E-state index in [4.69, 9.17) is 9.47 Å². The molecule has 0 amide bonds. The number of ether oxygens (including phenoxy) is 2. The van der Waals surface area contributed by atoms with Crippen molar-refractivity contribution in [2.45, 2.75) is 69.7 Å². The summed E-state index contributed by atoms with van der Waals surface area (Å²) in [5, 5.41) is 10.4. The van der Waals surface area contributed by atoms with Crippen LogP contribution in [0.1, 0.15) is 52.4 Å². The SMILES string of the molecule is COC1CCC(O)(CCC(C)(C)OC)CC1. The lowest BCUT2D eigenvalue weighted by Crippen LogP contribution is -2.38. The van der Waals surface area contributed by atoms with Crippen LogP contribution in [0.25, 0.3) is 0 Å². The van der Waals surface area contributed by atoms with Crippen molar-refractivity contribution in [3.63, 3.8) is 0 Å². The van der Waals surface area contributed by atoms with Crippen LogP contribution < -0.4 is 0 Å². The Labute approximate surface area is 99.1 Å². The third-order valence-electron chi connectivity index (χ3n) is 3.94. The van der Waals surface area contributed by atoms with E-state index in [1.165, 1.54) is 0 Å². The topological polar surface area (TPSA) is 38.7 Å². The third-order valence-corrected chi connectivity index (χ3v) is 3.94. The van der Waals surface area contributed by atoms with Crippen LogP contribution in [-0.4, -0.2) is 36.6 Å². The van der Waals surface area contributed by atoms with Gasteiger partial charge in [0.05, 0.1) is 17.3 Å². The van der Waals surface area contributed by atoms with Crippen LogP contribution in [0.4, 0.5) is 0 Å². The van der Waals surface area contributed by atoms with Gasteiger partial charge in [0.1, 0.15) is 0 Å². The van der Waals surface area contributed by atoms with Gasteiger partial charge >= 0.3 is 0 Å². The van der Waals surface area contributed by atoms with Gasteiger partial charge in [-0.2, -0.15) is 0 Å². The van der Waals surface area contributed by atoms with Crippen molar-refractivity contribution in [3.05, 3.63) is 0 Å². The quantitative estimate of drug-likeness (QED) is 0.788. The Bertz CT molecular complexity index is 205. The molecule has 1 saturated carbocycles. The van der Waals surface area contributed by atoms with Crippen LogP contribution >= 0.6 is 0 Å². The molecule has 0 saturated heterocycles. The predicted octanol–water partition coefficient (Wildman–Crippen LogP) is 2.51. The molecule has 0 radical (unpaired) electrons. The lowest BCUT2D eigenvalue weighted by Gasteiger charge is -2.37. The van der Waals surface area contributed by atoms with E-state index in [1.807, 2.05) is 0 Å². The van der Waals surface area contributed by atoms with Gasteiger partial charge in [-0.1, -0.05) is 0 Å². The zero-order valence-corrected chi connectivity index (χ0v) is 11.1. The Hall–Kier alpha value is -0.120. The molecule has 0 aliphatic heterocycles. The Morgan fingerprint density at radius 2 is 1.81 bits per heavy atom. The maximum Gasteiger partial charge on any atom is 0.0650 e. The Kier molecular flexibility index (Phi) is 4.77. The molecule has 0 aromatic heterocycles. The third kappa shape index (κ3) is 4.04. The van der Waals surface area contributed by atoms with Crippen LogP contribution in [0.2, 0.25) is 0 Å². The molecular formula is C13H26O3.